The van der Waals surface area contributed by atoms with Gasteiger partial charge < -0.3 is 10.6 Å². The van der Waals surface area contributed by atoms with E-state index in [9.17, 15) is 13.2 Å². The molecular weight excluding hydrogens is 362 g/mol. The Labute approximate surface area is 162 Å². The molecule has 1 aromatic carbocycles. The van der Waals surface area contributed by atoms with Gasteiger partial charge in [0.25, 0.3) is 0 Å². The lowest BCUT2D eigenvalue weighted by atomic mass is 9.96. The summed E-state index contributed by atoms with van der Waals surface area (Å²) in [6.07, 6.45) is 1.16. The van der Waals surface area contributed by atoms with Crippen molar-refractivity contribution < 1.29 is 13.2 Å². The fraction of sp³-hybridized carbons (Fsp3) is 0.650. The molecule has 1 aromatic rings. The molecule has 6 nitrogen and oxygen atoms in total. The molecule has 7 heteroatoms. The Kier molecular flexibility index (Phi) is 5.93. The summed E-state index contributed by atoms with van der Waals surface area (Å²) in [5.41, 5.74) is 3.65. The third kappa shape index (κ3) is 4.05. The average molecular weight is 394 g/mol. The van der Waals surface area contributed by atoms with E-state index < -0.39 is 10.0 Å². The first-order valence-electron chi connectivity index (χ1n) is 9.77. The Morgan fingerprint density at radius 3 is 2.15 bits per heavy atom. The van der Waals surface area contributed by atoms with E-state index in [-0.39, 0.29) is 11.8 Å². The molecule has 0 unspecified atom stereocenters. The first-order valence-corrected chi connectivity index (χ1v) is 11.2. The monoisotopic (exact) mass is 393 g/mol. The smallest absolute Gasteiger partial charge is 0.243 e. The maximum absolute atomic E-state index is 13.3. The SMILES string of the molecule is Cc1cc(C)c(C)c(S(=O)(=O)N2CCC(C(=O)NCC3CNC3)CC2)c1C. The van der Waals surface area contributed by atoms with Gasteiger partial charge in [-0.3, -0.25) is 4.79 Å². The van der Waals surface area contributed by atoms with Crippen LogP contribution in [-0.2, 0) is 14.8 Å². The van der Waals surface area contributed by atoms with Crippen LogP contribution in [0.5, 0.6) is 0 Å². The quantitative estimate of drug-likeness (QED) is 0.797. The number of piperidine rings is 1. The van der Waals surface area contributed by atoms with Crippen molar-refractivity contribution in [2.45, 2.75) is 45.4 Å². The van der Waals surface area contributed by atoms with Gasteiger partial charge in [-0.25, -0.2) is 8.42 Å². The summed E-state index contributed by atoms with van der Waals surface area (Å²) < 4.78 is 28.1. The Morgan fingerprint density at radius 2 is 1.67 bits per heavy atom. The summed E-state index contributed by atoms with van der Waals surface area (Å²) in [5.74, 6) is 0.508. The summed E-state index contributed by atoms with van der Waals surface area (Å²) in [6.45, 7) is 11.1. The highest BCUT2D eigenvalue weighted by Crippen LogP contribution is 2.31. The minimum Gasteiger partial charge on any atom is -0.355 e. The third-order valence-electron chi connectivity index (χ3n) is 6.15. The van der Waals surface area contributed by atoms with Crippen molar-refractivity contribution in [3.8, 4) is 0 Å². The summed E-state index contributed by atoms with van der Waals surface area (Å²) in [5, 5.41) is 6.22. The number of nitrogens with zero attached hydrogens (tertiary/aromatic N) is 1. The zero-order chi connectivity index (χ0) is 19.8. The van der Waals surface area contributed by atoms with E-state index in [0.717, 1.165) is 35.3 Å². The van der Waals surface area contributed by atoms with Crippen LogP contribution in [0.2, 0.25) is 0 Å². The summed E-state index contributed by atoms with van der Waals surface area (Å²) in [7, 11) is -3.54. The van der Waals surface area contributed by atoms with Crippen molar-refractivity contribution >= 4 is 15.9 Å². The van der Waals surface area contributed by atoms with Crippen LogP contribution < -0.4 is 10.6 Å². The predicted octanol–water partition coefficient (Wildman–Crippen LogP) is 1.66. The van der Waals surface area contributed by atoms with Crippen LogP contribution in [0.1, 0.15) is 35.1 Å². The topological polar surface area (TPSA) is 78.5 Å². The normalized spacial score (nSPS) is 19.7. The zero-order valence-electron chi connectivity index (χ0n) is 16.8. The second kappa shape index (κ2) is 7.89. The Hall–Kier alpha value is -1.44. The van der Waals surface area contributed by atoms with Crippen molar-refractivity contribution in [2.75, 3.05) is 32.7 Å². The molecule has 1 amide bonds. The molecule has 0 spiro atoms. The molecule has 0 aromatic heterocycles. The van der Waals surface area contributed by atoms with E-state index in [4.69, 9.17) is 0 Å². The number of carbonyl (C=O) groups excluding carboxylic acids is 1. The van der Waals surface area contributed by atoms with Crippen LogP contribution in [-0.4, -0.2) is 51.4 Å². The second-order valence-corrected chi connectivity index (χ2v) is 9.91. The fourth-order valence-corrected chi connectivity index (χ4v) is 5.98. The van der Waals surface area contributed by atoms with E-state index in [1.807, 2.05) is 33.8 Å². The van der Waals surface area contributed by atoms with Gasteiger partial charge in [-0.2, -0.15) is 4.31 Å². The molecule has 0 aliphatic carbocycles. The van der Waals surface area contributed by atoms with Gasteiger partial charge in [-0.1, -0.05) is 6.07 Å². The van der Waals surface area contributed by atoms with Gasteiger partial charge >= 0.3 is 0 Å². The molecular formula is C20H31N3O3S. The first-order chi connectivity index (χ1) is 12.7. The number of benzene rings is 1. The van der Waals surface area contributed by atoms with Crippen LogP contribution in [0.3, 0.4) is 0 Å². The van der Waals surface area contributed by atoms with Crippen molar-refractivity contribution in [2.24, 2.45) is 11.8 Å². The maximum Gasteiger partial charge on any atom is 0.243 e. The van der Waals surface area contributed by atoms with Crippen LogP contribution in [0.25, 0.3) is 0 Å². The highest BCUT2D eigenvalue weighted by molar-refractivity contribution is 7.89. The van der Waals surface area contributed by atoms with Crippen molar-refractivity contribution in [1.82, 2.24) is 14.9 Å². The van der Waals surface area contributed by atoms with E-state index >= 15 is 0 Å². The number of sulfonamides is 1. The van der Waals surface area contributed by atoms with Crippen molar-refractivity contribution in [1.29, 1.82) is 0 Å². The molecule has 2 aliphatic heterocycles. The number of nitrogens with one attached hydrogen (secondary N) is 2. The second-order valence-electron chi connectivity index (χ2n) is 8.04. The van der Waals surface area contributed by atoms with E-state index in [1.165, 1.54) is 0 Å². The number of hydrogen-bond donors (Lipinski definition) is 2. The van der Waals surface area contributed by atoms with Gasteiger partial charge in [0.1, 0.15) is 0 Å². The molecule has 27 heavy (non-hydrogen) atoms. The molecule has 0 bridgehead atoms. The Bertz CT molecular complexity index is 797. The number of amides is 1. The molecule has 0 atom stereocenters. The molecule has 150 valence electrons. The van der Waals surface area contributed by atoms with Gasteiger partial charge in [0.05, 0.1) is 4.90 Å². The lowest BCUT2D eigenvalue weighted by Crippen LogP contribution is -2.50. The van der Waals surface area contributed by atoms with Crippen LogP contribution >= 0.6 is 0 Å². The Balaban J connectivity index is 1.67. The average Bonchev–Trinajstić information content (AvgIpc) is 2.58. The Morgan fingerprint density at radius 1 is 1.11 bits per heavy atom. The number of carbonyl (C=O) groups is 1. The highest BCUT2D eigenvalue weighted by Gasteiger charge is 2.34. The number of rotatable bonds is 5. The lowest BCUT2D eigenvalue weighted by molar-refractivity contribution is -0.126. The minimum atomic E-state index is -3.54. The van der Waals surface area contributed by atoms with Crippen LogP contribution in [0.15, 0.2) is 11.0 Å². The van der Waals surface area contributed by atoms with E-state index in [2.05, 4.69) is 10.6 Å². The molecule has 2 fully saturated rings. The molecule has 2 N–H and O–H groups in total. The van der Waals surface area contributed by atoms with Gasteiger partial charge in [-0.15, -0.1) is 0 Å². The first kappa shape index (κ1) is 20.3. The van der Waals surface area contributed by atoms with E-state index in [1.54, 1.807) is 4.31 Å². The number of hydrogen-bond acceptors (Lipinski definition) is 4. The largest absolute Gasteiger partial charge is 0.355 e. The molecule has 2 aliphatic rings. The molecule has 2 heterocycles. The molecule has 0 radical (unpaired) electrons. The summed E-state index contributed by atoms with van der Waals surface area (Å²) in [6, 6.07) is 2.04. The van der Waals surface area contributed by atoms with Crippen LogP contribution in [0, 0.1) is 39.5 Å². The zero-order valence-corrected chi connectivity index (χ0v) is 17.6. The number of aryl methyl sites for hydroxylation is 2. The minimum absolute atomic E-state index is 0.0673. The fourth-order valence-electron chi connectivity index (χ4n) is 3.94. The standard InChI is InChI=1S/C20H31N3O3S/c1-13-9-14(2)16(4)19(15(13)3)27(25,26)23-7-5-18(6-8-23)20(24)22-12-17-10-21-11-17/h9,17-18,21H,5-8,10-12H2,1-4H3,(H,22,24). The maximum atomic E-state index is 13.3. The van der Waals surface area contributed by atoms with Crippen molar-refractivity contribution in [3.05, 3.63) is 28.3 Å². The lowest BCUT2D eigenvalue weighted by Gasteiger charge is -2.33. The third-order valence-corrected chi connectivity index (χ3v) is 8.32. The molecule has 2 saturated heterocycles. The van der Waals surface area contributed by atoms with Gasteiger partial charge in [0, 0.05) is 44.6 Å². The summed E-state index contributed by atoms with van der Waals surface area (Å²) >= 11 is 0. The van der Waals surface area contributed by atoms with Gasteiger partial charge in [-0.05, 0) is 62.8 Å². The highest BCUT2D eigenvalue weighted by atomic mass is 32.2. The van der Waals surface area contributed by atoms with Crippen LogP contribution in [0.4, 0.5) is 0 Å². The molecule has 0 saturated carbocycles. The van der Waals surface area contributed by atoms with E-state index in [0.29, 0.717) is 43.3 Å². The molecule has 3 rings (SSSR count). The predicted molar refractivity (Wildman–Crippen MR) is 106 cm³/mol. The van der Waals surface area contributed by atoms with Gasteiger partial charge in [0.15, 0.2) is 0 Å². The van der Waals surface area contributed by atoms with Crippen molar-refractivity contribution in [3.63, 3.8) is 0 Å². The van der Waals surface area contributed by atoms with Gasteiger partial charge in [0.2, 0.25) is 15.9 Å². The summed E-state index contributed by atoms with van der Waals surface area (Å²) in [4.78, 5) is 12.8.